The molecular formula is C13H16N2S. The Morgan fingerprint density at radius 1 is 1.00 bits per heavy atom. The summed E-state index contributed by atoms with van der Waals surface area (Å²) in [4.78, 5) is 0. The molecule has 16 heavy (non-hydrogen) atoms. The molecule has 0 saturated heterocycles. The van der Waals surface area contributed by atoms with Gasteiger partial charge in [-0.3, -0.25) is 10.2 Å². The monoisotopic (exact) mass is 232 g/mol. The molecule has 1 aromatic heterocycles. The Morgan fingerprint density at radius 3 is 2.06 bits per heavy atom. The van der Waals surface area contributed by atoms with Crippen molar-refractivity contribution in [2.24, 2.45) is 0 Å². The van der Waals surface area contributed by atoms with Crippen molar-refractivity contribution in [3.63, 3.8) is 0 Å². The maximum atomic E-state index is 5.03. The largest absolute Gasteiger partial charge is 0.299 e. The van der Waals surface area contributed by atoms with Crippen LogP contribution in [0.1, 0.15) is 26.3 Å². The predicted octanol–water partition coefficient (Wildman–Crippen LogP) is 4.04. The molecule has 0 fully saturated rings. The van der Waals surface area contributed by atoms with Crippen LogP contribution in [0.25, 0.3) is 11.3 Å². The number of benzene rings is 1. The first kappa shape index (κ1) is 11.1. The second-order valence-corrected chi connectivity index (χ2v) is 5.44. The maximum absolute atomic E-state index is 5.03. The lowest BCUT2D eigenvalue weighted by atomic mass is 9.86. The van der Waals surface area contributed by atoms with E-state index in [2.05, 4.69) is 55.2 Å². The van der Waals surface area contributed by atoms with Crippen molar-refractivity contribution in [3.8, 4) is 11.3 Å². The zero-order valence-electron chi connectivity index (χ0n) is 9.79. The molecule has 2 N–H and O–H groups in total. The lowest BCUT2D eigenvalue weighted by molar-refractivity contribution is 0.590. The molecule has 3 heteroatoms. The second-order valence-electron chi connectivity index (χ2n) is 5.00. The van der Waals surface area contributed by atoms with Crippen molar-refractivity contribution >= 4 is 12.2 Å². The molecule has 2 aromatic rings. The molecule has 0 aliphatic rings. The number of aromatic amines is 2. The molecular weight excluding hydrogens is 216 g/mol. The number of aromatic nitrogens is 2. The Kier molecular flexibility index (Phi) is 2.72. The molecule has 0 aliphatic heterocycles. The standard InChI is InChI=1S/C13H16N2S/c1-13(2,3)10-6-4-9(5-7-10)11-8-12(16)15-14-11/h4-8H,1-3H3,(H2,14,15,16). The number of hydrogen-bond acceptors (Lipinski definition) is 1. The predicted molar refractivity (Wildman–Crippen MR) is 70.1 cm³/mol. The van der Waals surface area contributed by atoms with Crippen molar-refractivity contribution in [1.29, 1.82) is 0 Å². The zero-order valence-corrected chi connectivity index (χ0v) is 10.6. The van der Waals surface area contributed by atoms with E-state index in [4.69, 9.17) is 12.2 Å². The Bertz CT molecular complexity index is 526. The first-order valence-corrected chi connectivity index (χ1v) is 5.76. The lowest BCUT2D eigenvalue weighted by Gasteiger charge is -2.18. The SMILES string of the molecule is CC(C)(C)c1ccc(-c2cc(=S)[nH][nH]2)cc1. The summed E-state index contributed by atoms with van der Waals surface area (Å²) in [7, 11) is 0. The van der Waals surface area contributed by atoms with E-state index in [0.717, 1.165) is 15.9 Å². The Morgan fingerprint density at radius 2 is 1.62 bits per heavy atom. The molecule has 0 amide bonds. The second kappa shape index (κ2) is 3.91. The first-order chi connectivity index (χ1) is 7.47. The molecule has 84 valence electrons. The average molecular weight is 232 g/mol. The maximum Gasteiger partial charge on any atom is 0.119 e. The van der Waals surface area contributed by atoms with Crippen LogP contribution in [-0.2, 0) is 5.41 Å². The molecule has 0 aliphatic carbocycles. The summed E-state index contributed by atoms with van der Waals surface area (Å²) >= 11 is 5.03. The minimum atomic E-state index is 0.198. The van der Waals surface area contributed by atoms with Gasteiger partial charge in [-0.2, -0.15) is 0 Å². The third-order valence-electron chi connectivity index (χ3n) is 2.66. The summed E-state index contributed by atoms with van der Waals surface area (Å²) < 4.78 is 0.731. The van der Waals surface area contributed by atoms with Crippen molar-refractivity contribution in [2.45, 2.75) is 26.2 Å². The van der Waals surface area contributed by atoms with Crippen LogP contribution in [0.4, 0.5) is 0 Å². The Balaban J connectivity index is 2.36. The van der Waals surface area contributed by atoms with Crippen molar-refractivity contribution < 1.29 is 0 Å². The van der Waals surface area contributed by atoms with Gasteiger partial charge in [0.25, 0.3) is 0 Å². The highest BCUT2D eigenvalue weighted by atomic mass is 32.1. The summed E-state index contributed by atoms with van der Waals surface area (Å²) in [6.45, 7) is 6.64. The molecule has 0 unspecified atom stereocenters. The fourth-order valence-corrected chi connectivity index (χ4v) is 1.81. The van der Waals surface area contributed by atoms with E-state index in [1.165, 1.54) is 5.56 Å². The van der Waals surface area contributed by atoms with Crippen LogP contribution in [0.3, 0.4) is 0 Å². The third kappa shape index (κ3) is 2.25. The molecule has 0 radical (unpaired) electrons. The molecule has 0 atom stereocenters. The van der Waals surface area contributed by atoms with Crippen LogP contribution in [0.5, 0.6) is 0 Å². The summed E-state index contributed by atoms with van der Waals surface area (Å²) in [5.74, 6) is 0. The van der Waals surface area contributed by atoms with E-state index in [0.29, 0.717) is 0 Å². The lowest BCUT2D eigenvalue weighted by Crippen LogP contribution is -2.10. The van der Waals surface area contributed by atoms with Gasteiger partial charge in [0.1, 0.15) is 4.64 Å². The van der Waals surface area contributed by atoms with Crippen LogP contribution in [0, 0.1) is 4.64 Å². The fourth-order valence-electron chi connectivity index (χ4n) is 1.64. The van der Waals surface area contributed by atoms with Gasteiger partial charge in [-0.25, -0.2) is 0 Å². The van der Waals surface area contributed by atoms with Crippen LogP contribution in [0.2, 0.25) is 0 Å². The zero-order chi connectivity index (χ0) is 11.8. The van der Waals surface area contributed by atoms with Gasteiger partial charge in [0.2, 0.25) is 0 Å². The van der Waals surface area contributed by atoms with E-state index in [1.807, 2.05) is 6.07 Å². The van der Waals surface area contributed by atoms with E-state index >= 15 is 0 Å². The van der Waals surface area contributed by atoms with Gasteiger partial charge in [0.05, 0.1) is 5.69 Å². The highest BCUT2D eigenvalue weighted by molar-refractivity contribution is 7.71. The summed E-state index contributed by atoms with van der Waals surface area (Å²) in [6, 6.07) is 10.5. The number of rotatable bonds is 1. The summed E-state index contributed by atoms with van der Waals surface area (Å²) in [5, 5.41) is 5.95. The minimum Gasteiger partial charge on any atom is -0.299 e. The van der Waals surface area contributed by atoms with Gasteiger partial charge in [0, 0.05) is 0 Å². The minimum absolute atomic E-state index is 0.198. The molecule has 2 nitrogen and oxygen atoms in total. The number of H-pyrrole nitrogens is 2. The molecule has 0 spiro atoms. The van der Waals surface area contributed by atoms with E-state index in [-0.39, 0.29) is 5.41 Å². The van der Waals surface area contributed by atoms with Crippen LogP contribution < -0.4 is 0 Å². The van der Waals surface area contributed by atoms with Gasteiger partial charge < -0.3 is 0 Å². The van der Waals surface area contributed by atoms with Crippen molar-refractivity contribution in [2.75, 3.05) is 0 Å². The van der Waals surface area contributed by atoms with Crippen LogP contribution in [-0.4, -0.2) is 10.2 Å². The van der Waals surface area contributed by atoms with Crippen LogP contribution in [0.15, 0.2) is 30.3 Å². The quantitative estimate of drug-likeness (QED) is 0.714. The topological polar surface area (TPSA) is 31.6 Å². The van der Waals surface area contributed by atoms with Gasteiger partial charge in [0.15, 0.2) is 0 Å². The summed E-state index contributed by atoms with van der Waals surface area (Å²) in [5.41, 5.74) is 3.72. The fraction of sp³-hybridized carbons (Fsp3) is 0.308. The average Bonchev–Trinajstić information content (AvgIpc) is 2.64. The highest BCUT2D eigenvalue weighted by Gasteiger charge is 2.13. The van der Waals surface area contributed by atoms with E-state index < -0.39 is 0 Å². The smallest absolute Gasteiger partial charge is 0.119 e. The Hall–Kier alpha value is -1.35. The molecule has 0 bridgehead atoms. The third-order valence-corrected chi connectivity index (χ3v) is 2.88. The molecule has 1 aromatic carbocycles. The van der Waals surface area contributed by atoms with E-state index in [9.17, 15) is 0 Å². The van der Waals surface area contributed by atoms with Gasteiger partial charge in [-0.05, 0) is 22.6 Å². The first-order valence-electron chi connectivity index (χ1n) is 5.35. The Labute approximate surface area is 101 Å². The molecule has 0 saturated carbocycles. The van der Waals surface area contributed by atoms with E-state index in [1.54, 1.807) is 0 Å². The number of nitrogens with one attached hydrogen (secondary N) is 2. The van der Waals surface area contributed by atoms with Crippen molar-refractivity contribution in [1.82, 2.24) is 10.2 Å². The van der Waals surface area contributed by atoms with Crippen LogP contribution >= 0.6 is 12.2 Å². The molecule has 2 rings (SSSR count). The molecule has 1 heterocycles. The number of hydrogen-bond donors (Lipinski definition) is 2. The summed E-state index contributed by atoms with van der Waals surface area (Å²) in [6.07, 6.45) is 0. The van der Waals surface area contributed by atoms with Gasteiger partial charge in [-0.1, -0.05) is 57.3 Å². The van der Waals surface area contributed by atoms with Gasteiger partial charge in [-0.15, -0.1) is 0 Å². The van der Waals surface area contributed by atoms with Crippen molar-refractivity contribution in [3.05, 3.63) is 40.5 Å². The normalized spacial score (nSPS) is 11.7. The van der Waals surface area contributed by atoms with Gasteiger partial charge >= 0.3 is 0 Å². The highest BCUT2D eigenvalue weighted by Crippen LogP contribution is 2.25.